The molecule has 0 aromatic rings. The lowest BCUT2D eigenvalue weighted by atomic mass is 9.54. The molecule has 0 aromatic carbocycles. The molecule has 0 radical (unpaired) electrons. The van der Waals surface area contributed by atoms with Gasteiger partial charge in [0.2, 0.25) is 0 Å². The Labute approximate surface area is 84.6 Å². The molecule has 0 aromatic heterocycles. The summed E-state index contributed by atoms with van der Waals surface area (Å²) in [6.45, 7) is 3.69. The molecule has 2 atom stereocenters. The van der Waals surface area contributed by atoms with Crippen LogP contribution in [-0.4, -0.2) is 0 Å². The summed E-state index contributed by atoms with van der Waals surface area (Å²) in [6.07, 6.45) is 2.31. The van der Waals surface area contributed by atoms with E-state index in [1.807, 2.05) is 6.92 Å². The van der Waals surface area contributed by atoms with E-state index in [4.69, 9.17) is 15.8 Å². The minimum absolute atomic E-state index is 0.112. The van der Waals surface area contributed by atoms with Gasteiger partial charge in [0.1, 0.15) is 0 Å². The molecule has 0 bridgehead atoms. The number of nitrogens with zero attached hydrogens (tertiary/aromatic N) is 3. The van der Waals surface area contributed by atoms with Crippen molar-refractivity contribution in [1.82, 2.24) is 0 Å². The van der Waals surface area contributed by atoms with Crippen LogP contribution in [0.1, 0.15) is 33.1 Å². The van der Waals surface area contributed by atoms with Gasteiger partial charge in [0.15, 0.2) is 5.41 Å². The zero-order chi connectivity index (χ0) is 10.8. The summed E-state index contributed by atoms with van der Waals surface area (Å²) in [5, 5.41) is 27.4. The van der Waals surface area contributed by atoms with Crippen molar-refractivity contribution in [2.75, 3.05) is 0 Å². The normalized spacial score (nSPS) is 34.9. The van der Waals surface area contributed by atoms with Gasteiger partial charge in [-0.2, -0.15) is 15.8 Å². The standard InChI is InChI=1S/C11H13N3/c1-9-4-3-5-11(7-13,8-14)10(9,2)6-12/h9H,3-5H2,1-2H3. The third-order valence-corrected chi connectivity index (χ3v) is 3.68. The molecule has 1 aliphatic carbocycles. The first-order valence-electron chi connectivity index (χ1n) is 4.80. The predicted molar refractivity (Wildman–Crippen MR) is 50.4 cm³/mol. The number of hydrogen-bond donors (Lipinski definition) is 0. The Balaban J connectivity index is 3.26. The van der Waals surface area contributed by atoms with Crippen LogP contribution in [0, 0.1) is 50.7 Å². The van der Waals surface area contributed by atoms with Crippen LogP contribution in [0.15, 0.2) is 0 Å². The maximum absolute atomic E-state index is 9.17. The molecule has 2 unspecified atom stereocenters. The second-order valence-electron chi connectivity index (χ2n) is 4.24. The first-order chi connectivity index (χ1) is 6.56. The van der Waals surface area contributed by atoms with Crippen molar-refractivity contribution >= 4 is 0 Å². The van der Waals surface area contributed by atoms with E-state index in [2.05, 4.69) is 18.2 Å². The molecule has 0 N–H and O–H groups in total. The zero-order valence-electron chi connectivity index (χ0n) is 8.54. The highest BCUT2D eigenvalue weighted by Crippen LogP contribution is 2.52. The number of nitriles is 3. The quantitative estimate of drug-likeness (QED) is 0.584. The molecule has 3 heteroatoms. The van der Waals surface area contributed by atoms with Crippen LogP contribution in [0.5, 0.6) is 0 Å². The Bertz CT molecular complexity index is 338. The van der Waals surface area contributed by atoms with Crippen molar-refractivity contribution < 1.29 is 0 Å². The van der Waals surface area contributed by atoms with Crippen molar-refractivity contribution in [3.63, 3.8) is 0 Å². The van der Waals surface area contributed by atoms with E-state index in [0.29, 0.717) is 6.42 Å². The lowest BCUT2D eigenvalue weighted by Gasteiger charge is -2.42. The minimum atomic E-state index is -1.11. The summed E-state index contributed by atoms with van der Waals surface area (Å²) < 4.78 is 0. The van der Waals surface area contributed by atoms with Gasteiger partial charge in [-0.1, -0.05) is 13.3 Å². The highest BCUT2D eigenvalue weighted by Gasteiger charge is 2.55. The highest BCUT2D eigenvalue weighted by atomic mass is 14.6. The third-order valence-electron chi connectivity index (χ3n) is 3.68. The monoisotopic (exact) mass is 187 g/mol. The molecule has 14 heavy (non-hydrogen) atoms. The fraction of sp³-hybridized carbons (Fsp3) is 0.727. The Hall–Kier alpha value is -1.53. The molecule has 1 aliphatic rings. The predicted octanol–water partition coefficient (Wildman–Crippen LogP) is 2.37. The van der Waals surface area contributed by atoms with Crippen LogP contribution in [0.4, 0.5) is 0 Å². The van der Waals surface area contributed by atoms with Crippen molar-refractivity contribution in [2.24, 2.45) is 16.7 Å². The Morgan fingerprint density at radius 3 is 2.07 bits per heavy atom. The van der Waals surface area contributed by atoms with Crippen LogP contribution >= 0.6 is 0 Å². The summed E-state index contributed by atoms with van der Waals surface area (Å²) in [7, 11) is 0. The molecular weight excluding hydrogens is 174 g/mol. The van der Waals surface area contributed by atoms with Crippen molar-refractivity contribution in [3.8, 4) is 18.2 Å². The van der Waals surface area contributed by atoms with Crippen molar-refractivity contribution in [2.45, 2.75) is 33.1 Å². The van der Waals surface area contributed by atoms with Crippen LogP contribution in [0.2, 0.25) is 0 Å². The fourth-order valence-electron chi connectivity index (χ4n) is 2.22. The molecule has 0 amide bonds. The van der Waals surface area contributed by atoms with Gasteiger partial charge < -0.3 is 0 Å². The van der Waals surface area contributed by atoms with E-state index >= 15 is 0 Å². The van der Waals surface area contributed by atoms with Crippen LogP contribution in [-0.2, 0) is 0 Å². The number of hydrogen-bond acceptors (Lipinski definition) is 3. The topological polar surface area (TPSA) is 71.4 Å². The van der Waals surface area contributed by atoms with Gasteiger partial charge in [0.05, 0.1) is 23.6 Å². The summed E-state index contributed by atoms with van der Waals surface area (Å²) >= 11 is 0. The Morgan fingerprint density at radius 1 is 1.14 bits per heavy atom. The van der Waals surface area contributed by atoms with Gasteiger partial charge in [-0.05, 0) is 25.7 Å². The lowest BCUT2D eigenvalue weighted by molar-refractivity contribution is 0.0956. The molecule has 1 rings (SSSR count). The molecule has 0 aliphatic heterocycles. The van der Waals surface area contributed by atoms with Crippen LogP contribution < -0.4 is 0 Å². The van der Waals surface area contributed by atoms with Gasteiger partial charge in [0, 0.05) is 0 Å². The molecular formula is C11H13N3. The molecule has 1 saturated carbocycles. The highest BCUT2D eigenvalue weighted by molar-refractivity contribution is 5.28. The summed E-state index contributed by atoms with van der Waals surface area (Å²) in [5.74, 6) is 0.112. The third kappa shape index (κ3) is 1.08. The Kier molecular flexibility index (Phi) is 2.50. The summed E-state index contributed by atoms with van der Waals surface area (Å²) in [5.41, 5.74) is -1.94. The first kappa shape index (κ1) is 10.6. The smallest absolute Gasteiger partial charge is 0.162 e. The van der Waals surface area contributed by atoms with E-state index < -0.39 is 10.8 Å². The summed E-state index contributed by atoms with van der Waals surface area (Å²) in [6, 6.07) is 6.29. The van der Waals surface area contributed by atoms with Gasteiger partial charge >= 0.3 is 0 Å². The van der Waals surface area contributed by atoms with E-state index in [0.717, 1.165) is 12.8 Å². The Morgan fingerprint density at radius 2 is 1.71 bits per heavy atom. The molecule has 3 nitrogen and oxygen atoms in total. The average Bonchev–Trinajstić information content (AvgIpc) is 2.22. The lowest BCUT2D eigenvalue weighted by Crippen LogP contribution is -2.44. The van der Waals surface area contributed by atoms with Gasteiger partial charge in [-0.3, -0.25) is 0 Å². The van der Waals surface area contributed by atoms with Crippen molar-refractivity contribution in [3.05, 3.63) is 0 Å². The van der Waals surface area contributed by atoms with E-state index in [-0.39, 0.29) is 5.92 Å². The minimum Gasteiger partial charge on any atom is -0.198 e. The maximum Gasteiger partial charge on any atom is 0.162 e. The average molecular weight is 187 g/mol. The van der Waals surface area contributed by atoms with E-state index in [9.17, 15) is 0 Å². The second kappa shape index (κ2) is 3.32. The van der Waals surface area contributed by atoms with Gasteiger partial charge in [-0.15, -0.1) is 0 Å². The van der Waals surface area contributed by atoms with Crippen LogP contribution in [0.25, 0.3) is 0 Å². The molecule has 0 spiro atoms. The summed E-state index contributed by atoms with van der Waals surface area (Å²) in [4.78, 5) is 0. The van der Waals surface area contributed by atoms with Crippen LogP contribution in [0.3, 0.4) is 0 Å². The molecule has 1 fully saturated rings. The zero-order valence-corrected chi connectivity index (χ0v) is 8.54. The van der Waals surface area contributed by atoms with Crippen molar-refractivity contribution in [1.29, 1.82) is 15.8 Å². The molecule has 72 valence electrons. The second-order valence-corrected chi connectivity index (χ2v) is 4.24. The first-order valence-corrected chi connectivity index (χ1v) is 4.80. The molecule has 0 saturated heterocycles. The van der Waals surface area contributed by atoms with E-state index in [1.165, 1.54) is 0 Å². The largest absolute Gasteiger partial charge is 0.198 e. The molecule has 0 heterocycles. The fourth-order valence-corrected chi connectivity index (χ4v) is 2.22. The maximum atomic E-state index is 9.17. The van der Waals surface area contributed by atoms with E-state index in [1.54, 1.807) is 6.92 Å². The van der Waals surface area contributed by atoms with Gasteiger partial charge in [-0.25, -0.2) is 0 Å². The number of rotatable bonds is 0. The SMILES string of the molecule is CC1CCCC(C#N)(C#N)C1(C)C#N. The van der Waals surface area contributed by atoms with Gasteiger partial charge in [0.25, 0.3) is 0 Å².